The van der Waals surface area contributed by atoms with Gasteiger partial charge in [0.05, 0.1) is 29.7 Å². The molecule has 0 saturated heterocycles. The summed E-state index contributed by atoms with van der Waals surface area (Å²) in [5, 5.41) is 10.7. The van der Waals surface area contributed by atoms with Crippen LogP contribution in [-0.2, 0) is 16.3 Å². The highest BCUT2D eigenvalue weighted by Crippen LogP contribution is 2.37. The molecule has 3 rings (SSSR count). The fourth-order valence-corrected chi connectivity index (χ4v) is 6.85. The van der Waals surface area contributed by atoms with Crippen LogP contribution in [0.2, 0.25) is 0 Å². The summed E-state index contributed by atoms with van der Waals surface area (Å²) in [7, 11) is -3.79. The molecule has 0 bridgehead atoms. The van der Waals surface area contributed by atoms with Crippen molar-refractivity contribution in [2.75, 3.05) is 18.1 Å². The minimum atomic E-state index is -3.79. The number of halogens is 1. The lowest BCUT2D eigenvalue weighted by Crippen LogP contribution is -2.09. The Kier molecular flexibility index (Phi) is 6.43. The molecule has 0 radical (unpaired) electrons. The van der Waals surface area contributed by atoms with Crippen LogP contribution in [0.25, 0.3) is 0 Å². The molecule has 0 aliphatic heterocycles. The standard InChI is InChI=1S/C16H17BrN6O2S3/c1-26-16-13(5-12(27-16)14(18)19)28(24,25)10-4-11(17)15(22-7-10)21-3-2-9-6-20-8-23-9/h4-8H,2-3H2,1H3,(H3,18,19)(H,20,23)(H,21,22). The van der Waals surface area contributed by atoms with Crippen molar-refractivity contribution in [1.29, 1.82) is 5.41 Å². The molecule has 3 aromatic rings. The lowest BCUT2D eigenvalue weighted by atomic mass is 10.3. The molecule has 148 valence electrons. The van der Waals surface area contributed by atoms with Crippen molar-refractivity contribution in [2.24, 2.45) is 5.73 Å². The summed E-state index contributed by atoms with van der Waals surface area (Å²) in [5.41, 5.74) is 6.51. The first-order chi connectivity index (χ1) is 13.3. The van der Waals surface area contributed by atoms with Gasteiger partial charge < -0.3 is 16.0 Å². The van der Waals surface area contributed by atoms with Crippen molar-refractivity contribution < 1.29 is 8.42 Å². The summed E-state index contributed by atoms with van der Waals surface area (Å²) in [6, 6.07) is 2.97. The highest BCUT2D eigenvalue weighted by atomic mass is 79.9. The van der Waals surface area contributed by atoms with Crippen LogP contribution in [0.4, 0.5) is 5.82 Å². The second kappa shape index (κ2) is 8.64. The molecule has 12 heteroatoms. The fourth-order valence-electron chi connectivity index (χ4n) is 2.38. The van der Waals surface area contributed by atoms with Crippen molar-refractivity contribution >= 4 is 60.5 Å². The minimum absolute atomic E-state index is 0.0710. The van der Waals surface area contributed by atoms with Crippen LogP contribution in [0.15, 0.2) is 49.3 Å². The minimum Gasteiger partial charge on any atom is -0.383 e. The smallest absolute Gasteiger partial charge is 0.210 e. The number of hydrogen-bond acceptors (Lipinski definition) is 8. The van der Waals surface area contributed by atoms with Gasteiger partial charge in [-0.1, -0.05) is 0 Å². The van der Waals surface area contributed by atoms with Gasteiger partial charge in [0.15, 0.2) is 0 Å². The number of thioether (sulfide) groups is 1. The number of H-pyrrole nitrogens is 1. The molecule has 0 atom stereocenters. The second-order valence-corrected chi connectivity index (χ2v) is 10.5. The van der Waals surface area contributed by atoms with Gasteiger partial charge in [-0.25, -0.2) is 18.4 Å². The number of amidine groups is 1. The van der Waals surface area contributed by atoms with Gasteiger partial charge in [0.1, 0.15) is 11.7 Å². The Bertz CT molecular complexity index is 1100. The van der Waals surface area contributed by atoms with Crippen LogP contribution in [-0.4, -0.2) is 42.0 Å². The number of nitrogens with one attached hydrogen (secondary N) is 3. The molecule has 0 fully saturated rings. The SMILES string of the molecule is CSc1sc(C(=N)N)cc1S(=O)(=O)c1cnc(NCCc2cnc[nH]2)c(Br)c1. The first-order valence-electron chi connectivity index (χ1n) is 7.97. The molecule has 0 amide bonds. The third-order valence-electron chi connectivity index (χ3n) is 3.77. The Labute approximate surface area is 178 Å². The van der Waals surface area contributed by atoms with E-state index in [1.54, 1.807) is 18.8 Å². The quantitative estimate of drug-likeness (QED) is 0.211. The number of nitrogen functional groups attached to an aromatic ring is 1. The first-order valence-corrected chi connectivity index (χ1v) is 12.3. The molecular weight excluding hydrogens is 484 g/mol. The Morgan fingerprint density at radius 2 is 2.21 bits per heavy atom. The molecule has 0 unspecified atom stereocenters. The van der Waals surface area contributed by atoms with Crippen LogP contribution in [0.3, 0.4) is 0 Å². The van der Waals surface area contributed by atoms with Crippen molar-refractivity contribution in [2.45, 2.75) is 20.4 Å². The normalized spacial score (nSPS) is 11.5. The lowest BCUT2D eigenvalue weighted by molar-refractivity contribution is 0.594. The molecule has 5 N–H and O–H groups in total. The number of pyridine rings is 1. The van der Waals surface area contributed by atoms with Gasteiger partial charge in [-0.3, -0.25) is 5.41 Å². The zero-order valence-electron chi connectivity index (χ0n) is 14.7. The molecular formula is C16H17BrN6O2S3. The van der Waals surface area contributed by atoms with E-state index < -0.39 is 9.84 Å². The largest absolute Gasteiger partial charge is 0.383 e. The van der Waals surface area contributed by atoms with Crippen molar-refractivity contribution in [3.8, 4) is 0 Å². The molecule has 0 aliphatic rings. The third-order valence-corrected chi connectivity index (χ3v) is 8.69. The molecule has 0 aliphatic carbocycles. The third kappa shape index (κ3) is 4.40. The van der Waals surface area contributed by atoms with E-state index in [0.29, 0.717) is 25.9 Å². The van der Waals surface area contributed by atoms with E-state index >= 15 is 0 Å². The molecule has 0 spiro atoms. The Morgan fingerprint density at radius 1 is 1.43 bits per heavy atom. The molecule has 28 heavy (non-hydrogen) atoms. The maximum Gasteiger partial charge on any atom is 0.210 e. The predicted molar refractivity (Wildman–Crippen MR) is 115 cm³/mol. The summed E-state index contributed by atoms with van der Waals surface area (Å²) >= 11 is 5.88. The summed E-state index contributed by atoms with van der Waals surface area (Å²) in [4.78, 5) is 11.9. The highest BCUT2D eigenvalue weighted by molar-refractivity contribution is 9.10. The van der Waals surface area contributed by atoms with E-state index in [0.717, 1.165) is 12.1 Å². The number of nitrogens with zero attached hydrogens (tertiary/aromatic N) is 2. The zero-order chi connectivity index (χ0) is 20.3. The lowest BCUT2D eigenvalue weighted by Gasteiger charge is -2.09. The molecule has 0 aromatic carbocycles. The maximum absolute atomic E-state index is 13.1. The number of anilines is 1. The van der Waals surface area contributed by atoms with Gasteiger partial charge in [-0.2, -0.15) is 0 Å². The summed E-state index contributed by atoms with van der Waals surface area (Å²) in [5.74, 6) is 0.399. The molecule has 0 saturated carbocycles. The van der Waals surface area contributed by atoms with E-state index in [9.17, 15) is 8.42 Å². The summed E-state index contributed by atoms with van der Waals surface area (Å²) < 4.78 is 27.3. The first kappa shape index (κ1) is 20.8. The Morgan fingerprint density at radius 3 is 2.82 bits per heavy atom. The molecule has 8 nitrogen and oxygen atoms in total. The van der Waals surface area contributed by atoms with E-state index in [1.165, 1.54) is 41.4 Å². The second-order valence-electron chi connectivity index (χ2n) is 5.64. The van der Waals surface area contributed by atoms with Crippen molar-refractivity contribution in [1.82, 2.24) is 15.0 Å². The predicted octanol–water partition coefficient (Wildman–Crippen LogP) is 3.12. The number of sulfone groups is 1. The number of hydrogen-bond donors (Lipinski definition) is 4. The van der Waals surface area contributed by atoms with Crippen LogP contribution in [0, 0.1) is 5.41 Å². The average molecular weight is 501 g/mol. The highest BCUT2D eigenvalue weighted by Gasteiger charge is 2.26. The number of nitrogens with two attached hydrogens (primary N) is 1. The monoisotopic (exact) mass is 500 g/mol. The zero-order valence-corrected chi connectivity index (χ0v) is 18.7. The summed E-state index contributed by atoms with van der Waals surface area (Å²) in [6.45, 7) is 0.614. The fraction of sp³-hybridized carbons (Fsp3) is 0.188. The van der Waals surface area contributed by atoms with E-state index in [4.69, 9.17) is 11.1 Å². The molecule has 3 heterocycles. The average Bonchev–Trinajstić information content (AvgIpc) is 3.32. The Hall–Kier alpha value is -1.89. The van der Waals surface area contributed by atoms with Crippen LogP contribution >= 0.6 is 39.0 Å². The van der Waals surface area contributed by atoms with Crippen LogP contribution < -0.4 is 11.1 Å². The van der Waals surface area contributed by atoms with Gasteiger partial charge in [0, 0.05) is 31.1 Å². The molecule has 3 aromatic heterocycles. The topological polar surface area (TPSA) is 138 Å². The number of aromatic nitrogens is 3. The van der Waals surface area contributed by atoms with Crippen molar-refractivity contribution in [3.05, 3.63) is 45.9 Å². The maximum atomic E-state index is 13.1. The Balaban J connectivity index is 1.83. The van der Waals surface area contributed by atoms with Gasteiger partial charge in [-0.15, -0.1) is 23.1 Å². The van der Waals surface area contributed by atoms with Gasteiger partial charge in [0.25, 0.3) is 0 Å². The number of thiophene rings is 1. The van der Waals surface area contributed by atoms with Gasteiger partial charge in [0.2, 0.25) is 9.84 Å². The van der Waals surface area contributed by atoms with Gasteiger partial charge >= 0.3 is 0 Å². The van der Waals surface area contributed by atoms with Crippen LogP contribution in [0.5, 0.6) is 0 Å². The number of rotatable bonds is 8. The number of imidazole rings is 1. The van der Waals surface area contributed by atoms with Gasteiger partial charge in [-0.05, 0) is 34.3 Å². The van der Waals surface area contributed by atoms with E-state index in [-0.39, 0.29) is 15.6 Å². The summed E-state index contributed by atoms with van der Waals surface area (Å²) in [6.07, 6.45) is 7.21. The van der Waals surface area contributed by atoms with Crippen LogP contribution in [0.1, 0.15) is 10.6 Å². The van der Waals surface area contributed by atoms with E-state index in [1.807, 2.05) is 0 Å². The van der Waals surface area contributed by atoms with E-state index in [2.05, 4.69) is 36.2 Å². The van der Waals surface area contributed by atoms with Crippen molar-refractivity contribution in [3.63, 3.8) is 0 Å². The number of aromatic amines is 1.